The number of aliphatic hydroxyl groups is 2. The normalized spacial score (nSPS) is 12.2. The van der Waals surface area contributed by atoms with Crippen LogP contribution >= 0.6 is 27.5 Å². The molecule has 0 fully saturated rings. The fraction of sp³-hybridized carbons (Fsp3) is 0.571. The van der Waals surface area contributed by atoms with Gasteiger partial charge in [0.1, 0.15) is 0 Å². The van der Waals surface area contributed by atoms with Crippen LogP contribution < -0.4 is 0 Å². The smallest absolute Gasteiger partial charge is 0.0512 e. The Morgan fingerprint density at radius 2 is 1.89 bits per heavy atom. The SMILES string of the molecule is CC(C)CC(CO)(CO)Cc1ccc(Br)cc1Cl. The predicted molar refractivity (Wildman–Crippen MR) is 78.9 cm³/mol. The van der Waals surface area contributed by atoms with Gasteiger partial charge in [0.25, 0.3) is 0 Å². The highest BCUT2D eigenvalue weighted by Crippen LogP contribution is 2.33. The summed E-state index contributed by atoms with van der Waals surface area (Å²) in [5.41, 5.74) is 0.467. The molecule has 2 nitrogen and oxygen atoms in total. The van der Waals surface area contributed by atoms with Crippen LogP contribution in [0.2, 0.25) is 5.02 Å². The zero-order chi connectivity index (χ0) is 13.8. The topological polar surface area (TPSA) is 40.5 Å². The maximum absolute atomic E-state index is 9.62. The van der Waals surface area contributed by atoms with Gasteiger partial charge in [0.2, 0.25) is 0 Å². The molecule has 0 aliphatic heterocycles. The van der Waals surface area contributed by atoms with Gasteiger partial charge in [-0.2, -0.15) is 0 Å². The number of hydrogen-bond acceptors (Lipinski definition) is 2. The average molecular weight is 336 g/mol. The molecule has 0 heterocycles. The summed E-state index contributed by atoms with van der Waals surface area (Å²) in [7, 11) is 0. The van der Waals surface area contributed by atoms with Crippen molar-refractivity contribution in [1.82, 2.24) is 0 Å². The summed E-state index contributed by atoms with van der Waals surface area (Å²) in [6.07, 6.45) is 1.36. The molecular formula is C14H20BrClO2. The third-order valence-corrected chi connectivity index (χ3v) is 3.94. The minimum Gasteiger partial charge on any atom is -0.396 e. The van der Waals surface area contributed by atoms with Crippen molar-refractivity contribution in [1.29, 1.82) is 0 Å². The number of rotatable bonds is 6. The van der Waals surface area contributed by atoms with Gasteiger partial charge in [-0.1, -0.05) is 47.4 Å². The third kappa shape index (κ3) is 4.23. The van der Waals surface area contributed by atoms with Gasteiger partial charge >= 0.3 is 0 Å². The first kappa shape index (κ1) is 16.0. The predicted octanol–water partition coefficient (Wildman–Crippen LogP) is 3.66. The quantitative estimate of drug-likeness (QED) is 0.833. The summed E-state index contributed by atoms with van der Waals surface area (Å²) in [5.74, 6) is 0.415. The van der Waals surface area contributed by atoms with Gasteiger partial charge in [0, 0.05) is 14.9 Å². The zero-order valence-corrected chi connectivity index (χ0v) is 13.1. The summed E-state index contributed by atoms with van der Waals surface area (Å²) in [4.78, 5) is 0. The summed E-state index contributed by atoms with van der Waals surface area (Å²) in [5, 5.41) is 19.9. The van der Waals surface area contributed by atoms with E-state index in [1.54, 1.807) is 0 Å². The maximum atomic E-state index is 9.62. The average Bonchev–Trinajstić information content (AvgIpc) is 2.31. The first-order valence-corrected chi connectivity index (χ1v) is 7.25. The molecule has 0 aromatic heterocycles. The van der Waals surface area contributed by atoms with Crippen molar-refractivity contribution < 1.29 is 10.2 Å². The molecule has 2 N–H and O–H groups in total. The van der Waals surface area contributed by atoms with Crippen LogP contribution in [0.5, 0.6) is 0 Å². The van der Waals surface area contributed by atoms with Crippen LogP contribution in [0.1, 0.15) is 25.8 Å². The Labute approximate surface area is 122 Å². The van der Waals surface area contributed by atoms with Gasteiger partial charge in [-0.15, -0.1) is 0 Å². The molecule has 0 amide bonds. The van der Waals surface area contributed by atoms with Crippen molar-refractivity contribution >= 4 is 27.5 Å². The second-order valence-electron chi connectivity index (χ2n) is 5.33. The number of benzene rings is 1. The van der Waals surface area contributed by atoms with Crippen LogP contribution in [-0.4, -0.2) is 23.4 Å². The monoisotopic (exact) mass is 334 g/mol. The first-order chi connectivity index (χ1) is 8.42. The Balaban J connectivity index is 2.95. The number of aliphatic hydroxyl groups excluding tert-OH is 2. The lowest BCUT2D eigenvalue weighted by atomic mass is 9.76. The number of halogens is 2. The minimum atomic E-state index is -0.494. The van der Waals surface area contributed by atoms with Crippen molar-refractivity contribution in [2.24, 2.45) is 11.3 Å². The summed E-state index contributed by atoms with van der Waals surface area (Å²) in [6.45, 7) is 4.11. The molecule has 0 atom stereocenters. The summed E-state index contributed by atoms with van der Waals surface area (Å²) in [6, 6.07) is 5.70. The molecule has 0 aliphatic carbocycles. The summed E-state index contributed by atoms with van der Waals surface area (Å²) < 4.78 is 0.929. The maximum Gasteiger partial charge on any atom is 0.0512 e. The fourth-order valence-corrected chi connectivity index (χ4v) is 3.04. The molecule has 0 saturated heterocycles. The van der Waals surface area contributed by atoms with Gasteiger partial charge in [-0.05, 0) is 36.5 Å². The Morgan fingerprint density at radius 1 is 1.28 bits per heavy atom. The van der Waals surface area contributed by atoms with Crippen molar-refractivity contribution in [3.05, 3.63) is 33.3 Å². The highest BCUT2D eigenvalue weighted by molar-refractivity contribution is 9.10. The van der Waals surface area contributed by atoms with E-state index in [1.807, 2.05) is 18.2 Å². The molecule has 1 aromatic rings. The van der Waals surface area contributed by atoms with Gasteiger partial charge in [0.05, 0.1) is 13.2 Å². The summed E-state index contributed by atoms with van der Waals surface area (Å²) >= 11 is 9.56. The van der Waals surface area contributed by atoms with Crippen LogP contribution in [0.3, 0.4) is 0 Å². The lowest BCUT2D eigenvalue weighted by molar-refractivity contribution is 0.0370. The Bertz CT molecular complexity index is 389. The fourth-order valence-electron chi connectivity index (χ4n) is 2.30. The molecule has 18 heavy (non-hydrogen) atoms. The zero-order valence-electron chi connectivity index (χ0n) is 10.8. The molecule has 0 radical (unpaired) electrons. The van der Waals surface area contributed by atoms with Crippen LogP contribution in [0.15, 0.2) is 22.7 Å². The lowest BCUT2D eigenvalue weighted by Gasteiger charge is -2.32. The second kappa shape index (κ2) is 6.90. The molecule has 0 aliphatic rings. The van der Waals surface area contributed by atoms with Crippen molar-refractivity contribution in [2.75, 3.05) is 13.2 Å². The van der Waals surface area contributed by atoms with Crippen LogP contribution in [0.4, 0.5) is 0 Å². The standard InChI is InChI=1S/C14H20BrClO2/c1-10(2)6-14(8-17,9-18)7-11-3-4-12(15)5-13(11)16/h3-5,10,17-18H,6-9H2,1-2H3. The van der Waals surface area contributed by atoms with E-state index >= 15 is 0 Å². The number of hydrogen-bond donors (Lipinski definition) is 2. The lowest BCUT2D eigenvalue weighted by Crippen LogP contribution is -2.34. The Hall–Kier alpha value is -0.0900. The molecule has 1 aromatic carbocycles. The molecule has 0 bridgehead atoms. The molecular weight excluding hydrogens is 316 g/mol. The van der Waals surface area contributed by atoms with E-state index in [0.29, 0.717) is 17.4 Å². The third-order valence-electron chi connectivity index (χ3n) is 3.09. The Morgan fingerprint density at radius 3 is 2.33 bits per heavy atom. The van der Waals surface area contributed by atoms with E-state index in [-0.39, 0.29) is 13.2 Å². The molecule has 1 rings (SSSR count). The molecule has 0 unspecified atom stereocenters. The van der Waals surface area contributed by atoms with E-state index < -0.39 is 5.41 Å². The van der Waals surface area contributed by atoms with Crippen molar-refractivity contribution in [2.45, 2.75) is 26.7 Å². The van der Waals surface area contributed by atoms with E-state index in [1.165, 1.54) is 0 Å². The molecule has 0 spiro atoms. The van der Waals surface area contributed by atoms with E-state index in [0.717, 1.165) is 16.5 Å². The van der Waals surface area contributed by atoms with Crippen LogP contribution in [0, 0.1) is 11.3 Å². The molecule has 102 valence electrons. The molecule has 4 heteroatoms. The highest BCUT2D eigenvalue weighted by Gasteiger charge is 2.30. The van der Waals surface area contributed by atoms with E-state index in [9.17, 15) is 10.2 Å². The van der Waals surface area contributed by atoms with Crippen LogP contribution in [-0.2, 0) is 6.42 Å². The largest absolute Gasteiger partial charge is 0.396 e. The van der Waals surface area contributed by atoms with Crippen molar-refractivity contribution in [3.8, 4) is 0 Å². The van der Waals surface area contributed by atoms with Gasteiger partial charge in [-0.25, -0.2) is 0 Å². The van der Waals surface area contributed by atoms with E-state index in [2.05, 4.69) is 29.8 Å². The highest BCUT2D eigenvalue weighted by atomic mass is 79.9. The van der Waals surface area contributed by atoms with Gasteiger partial charge < -0.3 is 10.2 Å². The Kier molecular flexibility index (Phi) is 6.12. The van der Waals surface area contributed by atoms with Crippen molar-refractivity contribution in [3.63, 3.8) is 0 Å². The van der Waals surface area contributed by atoms with Gasteiger partial charge in [0.15, 0.2) is 0 Å². The first-order valence-electron chi connectivity index (χ1n) is 6.08. The minimum absolute atomic E-state index is 0.0337. The van der Waals surface area contributed by atoms with Crippen LogP contribution in [0.25, 0.3) is 0 Å². The molecule has 0 saturated carbocycles. The second-order valence-corrected chi connectivity index (χ2v) is 6.65. The van der Waals surface area contributed by atoms with E-state index in [4.69, 9.17) is 11.6 Å². The van der Waals surface area contributed by atoms with Gasteiger partial charge in [-0.3, -0.25) is 0 Å².